The molecule has 54 valence electrons. The van der Waals surface area contributed by atoms with Crippen LogP contribution in [0.15, 0.2) is 0 Å². The van der Waals surface area contributed by atoms with Gasteiger partial charge in [-0.05, 0) is 13.8 Å². The maximum absolute atomic E-state index is 9.99. The van der Waals surface area contributed by atoms with Crippen molar-refractivity contribution in [2.75, 3.05) is 0 Å². The monoisotopic (exact) mass is 133 g/mol. The summed E-state index contributed by atoms with van der Waals surface area (Å²) in [5, 5.41) is 17.4. The standard InChI is InChI=1S/C5H11NO3/c1-4(8)6(3-7)5(2)9/h3-5,8-9H,1-2H3. The highest BCUT2D eigenvalue weighted by atomic mass is 16.3. The molecule has 2 atom stereocenters. The van der Waals surface area contributed by atoms with E-state index in [0.717, 1.165) is 4.90 Å². The number of hydrogen-bond acceptors (Lipinski definition) is 3. The van der Waals surface area contributed by atoms with Crippen molar-refractivity contribution in [2.24, 2.45) is 0 Å². The number of carbonyl (C=O) groups excluding carboxylic acids is 1. The topological polar surface area (TPSA) is 60.8 Å². The van der Waals surface area contributed by atoms with Crippen LogP contribution in [0, 0.1) is 0 Å². The molecule has 2 N–H and O–H groups in total. The molecule has 0 fully saturated rings. The maximum Gasteiger partial charge on any atom is 0.213 e. The molecule has 0 aromatic rings. The van der Waals surface area contributed by atoms with Crippen LogP contribution in [0.3, 0.4) is 0 Å². The normalized spacial score (nSPS) is 16.4. The van der Waals surface area contributed by atoms with Gasteiger partial charge in [0.2, 0.25) is 6.41 Å². The highest BCUT2D eigenvalue weighted by Crippen LogP contribution is 1.94. The predicted octanol–water partition coefficient (Wildman–Crippen LogP) is -0.879. The van der Waals surface area contributed by atoms with E-state index in [0.29, 0.717) is 6.41 Å². The number of nitrogens with zero attached hydrogens (tertiary/aromatic N) is 1. The lowest BCUT2D eigenvalue weighted by Gasteiger charge is -2.22. The van der Waals surface area contributed by atoms with E-state index >= 15 is 0 Å². The van der Waals surface area contributed by atoms with Crippen LogP contribution in [0.1, 0.15) is 13.8 Å². The quantitative estimate of drug-likeness (QED) is 0.388. The first-order valence-corrected chi connectivity index (χ1v) is 2.68. The minimum absolute atomic E-state index is 0.398. The van der Waals surface area contributed by atoms with Crippen LogP contribution in [0.2, 0.25) is 0 Å². The summed E-state index contributed by atoms with van der Waals surface area (Å²) in [6.07, 6.45) is -1.46. The molecule has 0 radical (unpaired) electrons. The van der Waals surface area contributed by atoms with Crippen LogP contribution in [0.4, 0.5) is 0 Å². The summed E-state index contributed by atoms with van der Waals surface area (Å²) in [6, 6.07) is 0. The van der Waals surface area contributed by atoms with Crippen molar-refractivity contribution in [2.45, 2.75) is 26.3 Å². The Morgan fingerprint density at radius 2 is 1.67 bits per heavy atom. The van der Waals surface area contributed by atoms with Gasteiger partial charge < -0.3 is 10.2 Å². The Kier molecular flexibility index (Phi) is 3.19. The first kappa shape index (κ1) is 8.39. The zero-order valence-electron chi connectivity index (χ0n) is 5.48. The van der Waals surface area contributed by atoms with Gasteiger partial charge in [-0.25, -0.2) is 0 Å². The molecule has 0 saturated carbocycles. The molecule has 2 unspecified atom stereocenters. The molecule has 0 aliphatic rings. The summed E-state index contributed by atoms with van der Waals surface area (Å²) >= 11 is 0. The molecule has 0 heterocycles. The summed E-state index contributed by atoms with van der Waals surface area (Å²) in [4.78, 5) is 10.9. The van der Waals surface area contributed by atoms with Gasteiger partial charge in [-0.15, -0.1) is 0 Å². The molecule has 0 spiro atoms. The van der Waals surface area contributed by atoms with Gasteiger partial charge >= 0.3 is 0 Å². The fraction of sp³-hybridized carbons (Fsp3) is 0.800. The number of hydrogen-bond donors (Lipinski definition) is 2. The largest absolute Gasteiger partial charge is 0.374 e. The third-order valence-corrected chi connectivity index (χ3v) is 0.985. The van der Waals surface area contributed by atoms with Crippen LogP contribution in [0.5, 0.6) is 0 Å². The SMILES string of the molecule is CC(O)N(C=O)C(C)O. The first-order chi connectivity index (χ1) is 4.09. The molecule has 0 aromatic carbocycles. The second-order valence-electron chi connectivity index (χ2n) is 1.82. The Morgan fingerprint density at radius 3 is 1.67 bits per heavy atom. The molecule has 9 heavy (non-hydrogen) atoms. The Bertz CT molecular complexity index is 84.2. The molecule has 4 heteroatoms. The minimum atomic E-state index is -0.928. The lowest BCUT2D eigenvalue weighted by molar-refractivity contribution is -0.141. The number of aliphatic hydroxyl groups excluding tert-OH is 2. The van der Waals surface area contributed by atoms with Crippen molar-refractivity contribution in [3.8, 4) is 0 Å². The molecule has 0 aliphatic carbocycles. The number of carbonyl (C=O) groups is 1. The molecular formula is C5H11NO3. The van der Waals surface area contributed by atoms with Gasteiger partial charge in [-0.3, -0.25) is 9.69 Å². The lowest BCUT2D eigenvalue weighted by Crippen LogP contribution is -2.38. The van der Waals surface area contributed by atoms with E-state index in [-0.39, 0.29) is 0 Å². The average molecular weight is 133 g/mol. The average Bonchev–Trinajstić information content (AvgIpc) is 1.64. The van der Waals surface area contributed by atoms with Gasteiger partial charge in [0, 0.05) is 0 Å². The van der Waals surface area contributed by atoms with Crippen LogP contribution in [0.25, 0.3) is 0 Å². The maximum atomic E-state index is 9.99. The van der Waals surface area contributed by atoms with E-state index in [9.17, 15) is 4.79 Å². The van der Waals surface area contributed by atoms with Crippen molar-refractivity contribution >= 4 is 6.41 Å². The molecule has 0 aliphatic heterocycles. The first-order valence-electron chi connectivity index (χ1n) is 2.68. The lowest BCUT2D eigenvalue weighted by atomic mass is 10.5. The molecule has 0 bridgehead atoms. The van der Waals surface area contributed by atoms with E-state index in [1.54, 1.807) is 0 Å². The van der Waals surface area contributed by atoms with E-state index in [1.807, 2.05) is 0 Å². The van der Waals surface area contributed by atoms with Crippen molar-refractivity contribution in [3.63, 3.8) is 0 Å². The molecule has 0 rings (SSSR count). The Labute approximate surface area is 53.7 Å². The van der Waals surface area contributed by atoms with E-state index in [2.05, 4.69) is 0 Å². The molecular weight excluding hydrogens is 122 g/mol. The van der Waals surface area contributed by atoms with Gasteiger partial charge in [-0.2, -0.15) is 0 Å². The Morgan fingerprint density at radius 1 is 1.33 bits per heavy atom. The third-order valence-electron chi connectivity index (χ3n) is 0.985. The van der Waals surface area contributed by atoms with Gasteiger partial charge in [-0.1, -0.05) is 0 Å². The highest BCUT2D eigenvalue weighted by molar-refractivity contribution is 5.47. The summed E-state index contributed by atoms with van der Waals surface area (Å²) in [7, 11) is 0. The highest BCUT2D eigenvalue weighted by Gasteiger charge is 2.11. The zero-order chi connectivity index (χ0) is 7.44. The smallest absolute Gasteiger partial charge is 0.213 e. The van der Waals surface area contributed by atoms with Gasteiger partial charge in [0.25, 0.3) is 0 Å². The van der Waals surface area contributed by atoms with Crippen molar-refractivity contribution < 1.29 is 15.0 Å². The Hall–Kier alpha value is -0.610. The second kappa shape index (κ2) is 3.42. The number of rotatable bonds is 3. The summed E-state index contributed by atoms with van der Waals surface area (Å²) in [5.41, 5.74) is 0. The summed E-state index contributed by atoms with van der Waals surface area (Å²) in [6.45, 7) is 2.81. The summed E-state index contributed by atoms with van der Waals surface area (Å²) in [5.74, 6) is 0. The van der Waals surface area contributed by atoms with Gasteiger partial charge in [0.1, 0.15) is 12.5 Å². The molecule has 4 nitrogen and oxygen atoms in total. The van der Waals surface area contributed by atoms with E-state index in [1.165, 1.54) is 13.8 Å². The van der Waals surface area contributed by atoms with E-state index in [4.69, 9.17) is 10.2 Å². The van der Waals surface area contributed by atoms with Crippen LogP contribution >= 0.6 is 0 Å². The molecule has 0 saturated heterocycles. The van der Waals surface area contributed by atoms with Crippen molar-refractivity contribution in [1.82, 2.24) is 4.90 Å². The third kappa shape index (κ3) is 2.43. The summed E-state index contributed by atoms with van der Waals surface area (Å²) < 4.78 is 0. The molecule has 0 aromatic heterocycles. The van der Waals surface area contributed by atoms with Crippen LogP contribution in [-0.2, 0) is 4.79 Å². The van der Waals surface area contributed by atoms with Crippen LogP contribution in [-0.4, -0.2) is 34.0 Å². The van der Waals surface area contributed by atoms with Crippen molar-refractivity contribution in [3.05, 3.63) is 0 Å². The van der Waals surface area contributed by atoms with Gasteiger partial charge in [0.05, 0.1) is 0 Å². The Balaban J connectivity index is 3.82. The zero-order valence-corrected chi connectivity index (χ0v) is 5.48. The molecule has 1 amide bonds. The predicted molar refractivity (Wildman–Crippen MR) is 31.3 cm³/mol. The minimum Gasteiger partial charge on any atom is -0.374 e. The second-order valence-corrected chi connectivity index (χ2v) is 1.82. The van der Waals surface area contributed by atoms with Gasteiger partial charge in [0.15, 0.2) is 0 Å². The number of amides is 1. The van der Waals surface area contributed by atoms with Crippen molar-refractivity contribution in [1.29, 1.82) is 0 Å². The van der Waals surface area contributed by atoms with E-state index < -0.39 is 12.5 Å². The van der Waals surface area contributed by atoms with Crippen LogP contribution < -0.4 is 0 Å². The fourth-order valence-electron chi connectivity index (χ4n) is 0.488. The fourth-order valence-corrected chi connectivity index (χ4v) is 0.488. The number of aliphatic hydroxyl groups is 2.